The number of rotatable bonds is 5. The normalized spacial score (nSPS) is 10.2. The van der Waals surface area contributed by atoms with Crippen LogP contribution in [-0.4, -0.2) is 14.2 Å². The minimum Gasteiger partial charge on any atom is -0.497 e. The number of halogens is 2. The van der Waals surface area contributed by atoms with Gasteiger partial charge in [0.25, 0.3) is 0 Å². The predicted molar refractivity (Wildman–Crippen MR) is 73.2 cm³/mol. The topological polar surface area (TPSA) is 30.5 Å². The highest BCUT2D eigenvalue weighted by Crippen LogP contribution is 2.26. The third-order valence-corrected chi connectivity index (χ3v) is 2.91. The Hall–Kier alpha value is -2.30. The standard InChI is InChI=1S/C15H15F2NO2/c1-19-11-6-7-14(20-2)10(8-11)9-18-15-12(16)4-3-5-13(15)17/h3-8,18H,9H2,1-2H3. The van der Waals surface area contributed by atoms with E-state index in [9.17, 15) is 8.78 Å². The van der Waals surface area contributed by atoms with Crippen LogP contribution in [0.4, 0.5) is 14.5 Å². The second kappa shape index (κ2) is 6.23. The van der Waals surface area contributed by atoms with Crippen molar-refractivity contribution < 1.29 is 18.3 Å². The van der Waals surface area contributed by atoms with Gasteiger partial charge < -0.3 is 14.8 Å². The molecule has 2 aromatic rings. The first-order valence-electron chi connectivity index (χ1n) is 6.04. The molecule has 2 rings (SSSR count). The number of benzene rings is 2. The molecule has 0 bridgehead atoms. The van der Waals surface area contributed by atoms with Crippen molar-refractivity contribution in [2.45, 2.75) is 6.54 Å². The molecule has 2 aromatic carbocycles. The SMILES string of the molecule is COc1ccc(OC)c(CNc2c(F)cccc2F)c1. The third-order valence-electron chi connectivity index (χ3n) is 2.91. The maximum Gasteiger partial charge on any atom is 0.149 e. The lowest BCUT2D eigenvalue weighted by Gasteiger charge is -2.13. The quantitative estimate of drug-likeness (QED) is 0.907. The first-order chi connectivity index (χ1) is 9.65. The molecule has 5 heteroatoms. The predicted octanol–water partition coefficient (Wildman–Crippen LogP) is 3.59. The third kappa shape index (κ3) is 2.99. The van der Waals surface area contributed by atoms with Gasteiger partial charge in [0, 0.05) is 12.1 Å². The molecule has 0 atom stereocenters. The van der Waals surface area contributed by atoms with Crippen LogP contribution in [0.5, 0.6) is 11.5 Å². The highest BCUT2D eigenvalue weighted by Gasteiger charge is 2.10. The van der Waals surface area contributed by atoms with Crippen LogP contribution >= 0.6 is 0 Å². The van der Waals surface area contributed by atoms with Gasteiger partial charge in [0.05, 0.1) is 14.2 Å². The molecule has 20 heavy (non-hydrogen) atoms. The number of anilines is 1. The van der Waals surface area contributed by atoms with E-state index >= 15 is 0 Å². The lowest BCUT2D eigenvalue weighted by molar-refractivity contribution is 0.399. The molecule has 0 unspecified atom stereocenters. The smallest absolute Gasteiger partial charge is 0.149 e. The van der Waals surface area contributed by atoms with Crippen LogP contribution in [0.1, 0.15) is 5.56 Å². The van der Waals surface area contributed by atoms with E-state index in [1.807, 2.05) is 0 Å². The van der Waals surface area contributed by atoms with Crippen molar-refractivity contribution in [3.8, 4) is 11.5 Å². The summed E-state index contributed by atoms with van der Waals surface area (Å²) in [6, 6.07) is 8.98. The summed E-state index contributed by atoms with van der Waals surface area (Å²) in [7, 11) is 3.09. The van der Waals surface area contributed by atoms with E-state index in [4.69, 9.17) is 9.47 Å². The van der Waals surface area contributed by atoms with E-state index in [1.165, 1.54) is 25.3 Å². The van der Waals surface area contributed by atoms with Gasteiger partial charge in [0.15, 0.2) is 0 Å². The molecule has 1 N–H and O–H groups in total. The van der Waals surface area contributed by atoms with Gasteiger partial charge in [0.2, 0.25) is 0 Å². The van der Waals surface area contributed by atoms with Crippen LogP contribution in [0.25, 0.3) is 0 Å². The second-order valence-corrected chi connectivity index (χ2v) is 4.13. The summed E-state index contributed by atoms with van der Waals surface area (Å²) in [5, 5.41) is 2.74. The van der Waals surface area contributed by atoms with Gasteiger partial charge in [-0.2, -0.15) is 0 Å². The minimum atomic E-state index is -0.633. The van der Waals surface area contributed by atoms with E-state index in [0.29, 0.717) is 11.5 Å². The van der Waals surface area contributed by atoms with E-state index < -0.39 is 11.6 Å². The Morgan fingerprint density at radius 2 is 1.70 bits per heavy atom. The van der Waals surface area contributed by atoms with E-state index in [1.54, 1.807) is 25.3 Å². The summed E-state index contributed by atoms with van der Waals surface area (Å²) in [5.41, 5.74) is 0.590. The Bertz CT molecular complexity index is 582. The van der Waals surface area contributed by atoms with Crippen molar-refractivity contribution in [3.05, 3.63) is 53.6 Å². The van der Waals surface area contributed by atoms with Gasteiger partial charge in [-0.3, -0.25) is 0 Å². The molecule has 0 fully saturated rings. The van der Waals surface area contributed by atoms with E-state index in [2.05, 4.69) is 5.32 Å². The lowest BCUT2D eigenvalue weighted by atomic mass is 10.1. The monoisotopic (exact) mass is 279 g/mol. The zero-order chi connectivity index (χ0) is 14.5. The van der Waals surface area contributed by atoms with Crippen molar-refractivity contribution in [2.75, 3.05) is 19.5 Å². The summed E-state index contributed by atoms with van der Waals surface area (Å²) in [5.74, 6) is 0.00498. The minimum absolute atomic E-state index is 0.155. The maximum atomic E-state index is 13.5. The summed E-state index contributed by atoms with van der Waals surface area (Å²) < 4.78 is 37.4. The Morgan fingerprint density at radius 1 is 1.00 bits per heavy atom. The second-order valence-electron chi connectivity index (χ2n) is 4.13. The highest BCUT2D eigenvalue weighted by molar-refractivity contribution is 5.48. The summed E-state index contributed by atoms with van der Waals surface area (Å²) in [6.45, 7) is 0.220. The maximum absolute atomic E-state index is 13.5. The Balaban J connectivity index is 2.22. The van der Waals surface area contributed by atoms with E-state index in [-0.39, 0.29) is 12.2 Å². The zero-order valence-electron chi connectivity index (χ0n) is 11.2. The van der Waals surface area contributed by atoms with Crippen LogP contribution in [-0.2, 0) is 6.54 Å². The summed E-state index contributed by atoms with van der Waals surface area (Å²) >= 11 is 0. The van der Waals surface area contributed by atoms with Crippen LogP contribution < -0.4 is 14.8 Å². The first-order valence-corrected chi connectivity index (χ1v) is 6.04. The van der Waals surface area contributed by atoms with Crippen LogP contribution in [0.15, 0.2) is 36.4 Å². The molecule has 0 amide bonds. The number of hydrogen-bond acceptors (Lipinski definition) is 3. The molecule has 0 aliphatic heterocycles. The Kier molecular flexibility index (Phi) is 4.40. The molecule has 0 saturated heterocycles. The highest BCUT2D eigenvalue weighted by atomic mass is 19.1. The Labute approximate surface area is 116 Å². The van der Waals surface area contributed by atoms with Crippen molar-refractivity contribution in [3.63, 3.8) is 0 Å². The molecule has 0 saturated carbocycles. The number of hydrogen-bond donors (Lipinski definition) is 1. The molecule has 106 valence electrons. The van der Waals surface area contributed by atoms with Gasteiger partial charge in [-0.15, -0.1) is 0 Å². The molecule has 0 aromatic heterocycles. The van der Waals surface area contributed by atoms with Gasteiger partial charge in [-0.05, 0) is 30.3 Å². The van der Waals surface area contributed by atoms with Crippen molar-refractivity contribution in [1.29, 1.82) is 0 Å². The molecule has 0 spiro atoms. The zero-order valence-corrected chi connectivity index (χ0v) is 11.2. The van der Waals surface area contributed by atoms with Crippen LogP contribution in [0.2, 0.25) is 0 Å². The summed E-state index contributed by atoms with van der Waals surface area (Å²) in [4.78, 5) is 0. The van der Waals surface area contributed by atoms with Crippen molar-refractivity contribution >= 4 is 5.69 Å². The molecule has 0 aliphatic carbocycles. The molecule has 0 heterocycles. The average molecular weight is 279 g/mol. The Morgan fingerprint density at radius 3 is 2.30 bits per heavy atom. The largest absolute Gasteiger partial charge is 0.497 e. The fourth-order valence-corrected chi connectivity index (χ4v) is 1.87. The van der Waals surface area contributed by atoms with Crippen molar-refractivity contribution in [2.24, 2.45) is 0 Å². The van der Waals surface area contributed by atoms with Crippen LogP contribution in [0.3, 0.4) is 0 Å². The fraction of sp³-hybridized carbons (Fsp3) is 0.200. The number of ether oxygens (including phenoxy) is 2. The fourth-order valence-electron chi connectivity index (χ4n) is 1.87. The van der Waals surface area contributed by atoms with Gasteiger partial charge in [0.1, 0.15) is 28.8 Å². The molecule has 0 radical (unpaired) electrons. The number of methoxy groups -OCH3 is 2. The number of para-hydroxylation sites is 1. The van der Waals surface area contributed by atoms with Gasteiger partial charge >= 0.3 is 0 Å². The molecular weight excluding hydrogens is 264 g/mol. The molecular formula is C15H15F2NO2. The van der Waals surface area contributed by atoms with E-state index in [0.717, 1.165) is 5.56 Å². The van der Waals surface area contributed by atoms with Crippen LogP contribution in [0, 0.1) is 11.6 Å². The van der Waals surface area contributed by atoms with Gasteiger partial charge in [-0.25, -0.2) is 8.78 Å². The first kappa shape index (κ1) is 14.1. The summed E-state index contributed by atoms with van der Waals surface area (Å²) in [6.07, 6.45) is 0. The molecule has 0 aliphatic rings. The lowest BCUT2D eigenvalue weighted by Crippen LogP contribution is -2.05. The van der Waals surface area contributed by atoms with Gasteiger partial charge in [-0.1, -0.05) is 6.07 Å². The average Bonchev–Trinajstić information content (AvgIpc) is 2.46. The van der Waals surface area contributed by atoms with Crippen molar-refractivity contribution in [1.82, 2.24) is 0 Å². The molecule has 3 nitrogen and oxygen atoms in total. The number of nitrogens with one attached hydrogen (secondary N) is 1.